The summed E-state index contributed by atoms with van der Waals surface area (Å²) in [6.07, 6.45) is 5.34. The number of para-hydroxylation sites is 2. The van der Waals surface area contributed by atoms with Gasteiger partial charge < -0.3 is 8.98 Å². The van der Waals surface area contributed by atoms with E-state index in [0.29, 0.717) is 0 Å². The first kappa shape index (κ1) is 12.0. The Bertz CT molecular complexity index is 653. The van der Waals surface area contributed by atoms with Crippen LogP contribution in [0.1, 0.15) is 26.2 Å². The van der Waals surface area contributed by atoms with E-state index in [2.05, 4.69) is 29.7 Å². The summed E-state index contributed by atoms with van der Waals surface area (Å²) in [6.45, 7) is 3.21. The summed E-state index contributed by atoms with van der Waals surface area (Å²) in [5.41, 5.74) is 2.22. The molecule has 3 rings (SSSR count). The molecule has 0 aliphatic heterocycles. The molecule has 0 saturated carbocycles. The molecule has 19 heavy (non-hydrogen) atoms. The van der Waals surface area contributed by atoms with E-state index in [1.165, 1.54) is 24.8 Å². The summed E-state index contributed by atoms with van der Waals surface area (Å²) in [6, 6.07) is 12.1. The molecule has 3 heteroatoms. The lowest BCUT2D eigenvalue weighted by atomic mass is 10.2. The highest BCUT2D eigenvalue weighted by Gasteiger charge is 2.13. The summed E-state index contributed by atoms with van der Waals surface area (Å²) >= 11 is 0. The molecule has 3 nitrogen and oxygen atoms in total. The predicted molar refractivity (Wildman–Crippen MR) is 77.0 cm³/mol. The van der Waals surface area contributed by atoms with Crippen molar-refractivity contribution >= 4 is 11.0 Å². The standard InChI is InChI=1S/C16H18N2O/c1-2-3-6-11-18-14-9-5-4-8-13(14)17-16(18)15-10-7-12-19-15/h4-5,7-10,12H,2-3,6,11H2,1H3. The van der Waals surface area contributed by atoms with Gasteiger partial charge in [0.15, 0.2) is 11.6 Å². The third-order valence-electron chi connectivity index (χ3n) is 3.38. The summed E-state index contributed by atoms with van der Waals surface area (Å²) in [7, 11) is 0. The molecule has 0 fully saturated rings. The van der Waals surface area contributed by atoms with E-state index in [9.17, 15) is 0 Å². The van der Waals surface area contributed by atoms with Gasteiger partial charge in [-0.05, 0) is 30.7 Å². The van der Waals surface area contributed by atoms with Crippen LogP contribution in [0.3, 0.4) is 0 Å². The molecule has 0 atom stereocenters. The quantitative estimate of drug-likeness (QED) is 0.628. The van der Waals surface area contributed by atoms with Crippen molar-refractivity contribution in [2.45, 2.75) is 32.7 Å². The zero-order chi connectivity index (χ0) is 13.1. The average Bonchev–Trinajstić information content (AvgIpc) is 3.06. The highest BCUT2D eigenvalue weighted by molar-refractivity contribution is 5.79. The van der Waals surface area contributed by atoms with Crippen LogP contribution in [0, 0.1) is 0 Å². The summed E-state index contributed by atoms with van der Waals surface area (Å²) in [5.74, 6) is 1.77. The molecule has 0 spiro atoms. The first-order chi connectivity index (χ1) is 9.40. The predicted octanol–water partition coefficient (Wildman–Crippen LogP) is 4.49. The van der Waals surface area contributed by atoms with Crippen molar-refractivity contribution in [3.63, 3.8) is 0 Å². The lowest BCUT2D eigenvalue weighted by Gasteiger charge is -2.07. The first-order valence-electron chi connectivity index (χ1n) is 6.89. The minimum Gasteiger partial charge on any atom is -0.461 e. The van der Waals surface area contributed by atoms with E-state index in [-0.39, 0.29) is 0 Å². The summed E-state index contributed by atoms with van der Waals surface area (Å²) in [4.78, 5) is 4.70. The fraction of sp³-hybridized carbons (Fsp3) is 0.312. The zero-order valence-corrected chi connectivity index (χ0v) is 11.2. The number of benzene rings is 1. The van der Waals surface area contributed by atoms with E-state index in [1.807, 2.05) is 18.2 Å². The Labute approximate surface area is 112 Å². The van der Waals surface area contributed by atoms with Crippen molar-refractivity contribution < 1.29 is 4.42 Å². The molecule has 98 valence electrons. The number of imidazole rings is 1. The lowest BCUT2D eigenvalue weighted by molar-refractivity contribution is 0.561. The van der Waals surface area contributed by atoms with Crippen molar-refractivity contribution in [3.8, 4) is 11.6 Å². The molecule has 0 unspecified atom stereocenters. The van der Waals surface area contributed by atoms with Crippen LogP contribution < -0.4 is 0 Å². The Balaban J connectivity index is 2.06. The summed E-state index contributed by atoms with van der Waals surface area (Å²) in [5, 5.41) is 0. The van der Waals surface area contributed by atoms with Gasteiger partial charge in [0.2, 0.25) is 0 Å². The third kappa shape index (κ3) is 2.28. The van der Waals surface area contributed by atoms with Crippen LogP contribution in [-0.2, 0) is 6.54 Å². The number of aromatic nitrogens is 2. The number of nitrogens with zero attached hydrogens (tertiary/aromatic N) is 2. The number of unbranched alkanes of at least 4 members (excludes halogenated alkanes) is 2. The number of aryl methyl sites for hydroxylation is 1. The van der Waals surface area contributed by atoms with Gasteiger partial charge in [0, 0.05) is 6.54 Å². The van der Waals surface area contributed by atoms with Crippen LogP contribution in [0.2, 0.25) is 0 Å². The van der Waals surface area contributed by atoms with Gasteiger partial charge in [0.05, 0.1) is 17.3 Å². The highest BCUT2D eigenvalue weighted by Crippen LogP contribution is 2.25. The third-order valence-corrected chi connectivity index (χ3v) is 3.38. The molecular weight excluding hydrogens is 236 g/mol. The molecule has 2 aromatic heterocycles. The smallest absolute Gasteiger partial charge is 0.177 e. The van der Waals surface area contributed by atoms with Gasteiger partial charge in [-0.25, -0.2) is 4.98 Å². The Morgan fingerprint density at radius 1 is 1.11 bits per heavy atom. The second-order valence-corrected chi connectivity index (χ2v) is 4.76. The SMILES string of the molecule is CCCCCn1c(-c2ccco2)nc2ccccc21. The molecule has 0 aliphatic carbocycles. The van der Waals surface area contributed by atoms with Crippen LogP contribution in [0.4, 0.5) is 0 Å². The van der Waals surface area contributed by atoms with E-state index in [4.69, 9.17) is 9.40 Å². The molecule has 0 aliphatic rings. The second-order valence-electron chi connectivity index (χ2n) is 4.76. The number of hydrogen-bond acceptors (Lipinski definition) is 2. The molecular formula is C16H18N2O. The van der Waals surface area contributed by atoms with E-state index >= 15 is 0 Å². The molecule has 0 N–H and O–H groups in total. The Morgan fingerprint density at radius 2 is 2.00 bits per heavy atom. The topological polar surface area (TPSA) is 31.0 Å². The van der Waals surface area contributed by atoms with Crippen LogP contribution in [-0.4, -0.2) is 9.55 Å². The second kappa shape index (κ2) is 5.31. The van der Waals surface area contributed by atoms with Gasteiger partial charge in [-0.2, -0.15) is 0 Å². The molecule has 3 aromatic rings. The van der Waals surface area contributed by atoms with Gasteiger partial charge in [0.25, 0.3) is 0 Å². The first-order valence-corrected chi connectivity index (χ1v) is 6.89. The Hall–Kier alpha value is -2.03. The molecule has 0 radical (unpaired) electrons. The van der Waals surface area contributed by atoms with Gasteiger partial charge >= 0.3 is 0 Å². The van der Waals surface area contributed by atoms with E-state index in [1.54, 1.807) is 6.26 Å². The lowest BCUT2D eigenvalue weighted by Crippen LogP contribution is -2.00. The molecule has 1 aromatic carbocycles. The van der Waals surface area contributed by atoms with E-state index < -0.39 is 0 Å². The maximum atomic E-state index is 5.51. The van der Waals surface area contributed by atoms with Gasteiger partial charge in [-0.3, -0.25) is 0 Å². The number of furan rings is 1. The fourth-order valence-corrected chi connectivity index (χ4v) is 2.42. The van der Waals surface area contributed by atoms with Crippen LogP contribution in [0.25, 0.3) is 22.6 Å². The van der Waals surface area contributed by atoms with Crippen molar-refractivity contribution in [2.75, 3.05) is 0 Å². The zero-order valence-electron chi connectivity index (χ0n) is 11.2. The average molecular weight is 254 g/mol. The Morgan fingerprint density at radius 3 is 2.79 bits per heavy atom. The van der Waals surface area contributed by atoms with E-state index in [0.717, 1.165) is 23.6 Å². The van der Waals surface area contributed by atoms with Crippen molar-refractivity contribution in [1.82, 2.24) is 9.55 Å². The number of hydrogen-bond donors (Lipinski definition) is 0. The van der Waals surface area contributed by atoms with Crippen molar-refractivity contribution in [3.05, 3.63) is 42.7 Å². The molecule has 0 saturated heterocycles. The van der Waals surface area contributed by atoms with Crippen molar-refractivity contribution in [2.24, 2.45) is 0 Å². The largest absolute Gasteiger partial charge is 0.461 e. The molecule has 2 heterocycles. The normalized spacial score (nSPS) is 11.2. The molecule has 0 bridgehead atoms. The highest BCUT2D eigenvalue weighted by atomic mass is 16.3. The Kier molecular flexibility index (Phi) is 3.36. The van der Waals surface area contributed by atoms with Gasteiger partial charge in [0.1, 0.15) is 0 Å². The monoisotopic (exact) mass is 254 g/mol. The van der Waals surface area contributed by atoms with Gasteiger partial charge in [-0.15, -0.1) is 0 Å². The summed E-state index contributed by atoms with van der Waals surface area (Å²) < 4.78 is 7.78. The maximum Gasteiger partial charge on any atom is 0.177 e. The van der Waals surface area contributed by atoms with Crippen LogP contribution in [0.15, 0.2) is 47.1 Å². The minimum atomic E-state index is 0.840. The fourth-order valence-electron chi connectivity index (χ4n) is 2.42. The van der Waals surface area contributed by atoms with Gasteiger partial charge in [-0.1, -0.05) is 31.9 Å². The van der Waals surface area contributed by atoms with Crippen LogP contribution >= 0.6 is 0 Å². The minimum absolute atomic E-state index is 0.840. The van der Waals surface area contributed by atoms with Crippen LogP contribution in [0.5, 0.6) is 0 Å². The van der Waals surface area contributed by atoms with Crippen molar-refractivity contribution in [1.29, 1.82) is 0 Å². The number of rotatable bonds is 5. The maximum absolute atomic E-state index is 5.51. The number of fused-ring (bicyclic) bond motifs is 1. The molecule has 0 amide bonds.